The summed E-state index contributed by atoms with van der Waals surface area (Å²) >= 11 is 5.84. The highest BCUT2D eigenvalue weighted by atomic mass is 35.5. The van der Waals surface area contributed by atoms with Crippen LogP contribution in [0.15, 0.2) is 60.7 Å². The Labute approximate surface area is 255 Å². The second kappa shape index (κ2) is 11.5. The molecule has 0 amide bonds. The highest BCUT2D eigenvalue weighted by molar-refractivity contribution is 6.30. The number of hydrogen-bond acceptors (Lipinski definition) is 6. The molecule has 0 aliphatic carbocycles. The Bertz CT molecular complexity index is 1920. The maximum atomic E-state index is 16.0. The van der Waals surface area contributed by atoms with E-state index in [9.17, 15) is 14.3 Å². The molecule has 0 radical (unpaired) electrons. The predicted molar refractivity (Wildman–Crippen MR) is 158 cm³/mol. The number of halogens is 3. The van der Waals surface area contributed by atoms with Crippen molar-refractivity contribution in [1.82, 2.24) is 14.5 Å². The van der Waals surface area contributed by atoms with Gasteiger partial charge in [0, 0.05) is 52.8 Å². The fraction of sp³-hybridized carbons (Fsp3) is 0.242. The van der Waals surface area contributed by atoms with Crippen molar-refractivity contribution in [3.05, 3.63) is 105 Å². The van der Waals surface area contributed by atoms with E-state index in [4.69, 9.17) is 30.8 Å². The summed E-state index contributed by atoms with van der Waals surface area (Å²) in [6, 6.07) is 15.7. The van der Waals surface area contributed by atoms with Gasteiger partial charge in [0.15, 0.2) is 0 Å². The maximum absolute atomic E-state index is 16.0. The van der Waals surface area contributed by atoms with Crippen LogP contribution in [0.25, 0.3) is 22.3 Å². The average Bonchev–Trinajstić information content (AvgIpc) is 3.60. The number of imidazole rings is 1. The third-order valence-electron chi connectivity index (χ3n) is 8.02. The van der Waals surface area contributed by atoms with Crippen LogP contribution < -0.4 is 9.47 Å². The van der Waals surface area contributed by atoms with Crippen molar-refractivity contribution in [2.45, 2.75) is 38.5 Å². The zero-order chi connectivity index (χ0) is 30.4. The third-order valence-corrected chi connectivity index (χ3v) is 8.25. The predicted octanol–water partition coefficient (Wildman–Crippen LogP) is 6.62. The minimum atomic E-state index is -1.03. The minimum absolute atomic E-state index is 0.0161. The summed E-state index contributed by atoms with van der Waals surface area (Å²) in [7, 11) is 0. The number of aromatic nitrogens is 3. The largest absolute Gasteiger partial charge is 0.492 e. The van der Waals surface area contributed by atoms with Crippen LogP contribution in [0.2, 0.25) is 5.02 Å². The van der Waals surface area contributed by atoms with Crippen LogP contribution in [0.4, 0.5) is 8.78 Å². The molecule has 8 nitrogen and oxygen atoms in total. The molecule has 0 spiro atoms. The quantitative estimate of drug-likeness (QED) is 0.199. The van der Waals surface area contributed by atoms with Gasteiger partial charge in [-0.05, 0) is 48.9 Å². The maximum Gasteiger partial charge on any atom is 0.335 e. The van der Waals surface area contributed by atoms with Crippen LogP contribution in [-0.4, -0.2) is 44.9 Å². The Kier molecular flexibility index (Phi) is 7.39. The van der Waals surface area contributed by atoms with E-state index in [0.29, 0.717) is 76.2 Å². The number of fused-ring (bicyclic) bond motifs is 2. The molecule has 1 saturated heterocycles. The number of pyridine rings is 1. The molecule has 44 heavy (non-hydrogen) atoms. The van der Waals surface area contributed by atoms with Crippen LogP contribution in [0.3, 0.4) is 0 Å². The molecule has 11 heteroatoms. The zero-order valence-electron chi connectivity index (χ0n) is 23.4. The summed E-state index contributed by atoms with van der Waals surface area (Å²) in [5, 5.41) is 9.84. The van der Waals surface area contributed by atoms with Crippen LogP contribution in [0, 0.1) is 11.6 Å². The van der Waals surface area contributed by atoms with Crippen molar-refractivity contribution in [3.63, 3.8) is 0 Å². The number of nitrogens with zero attached hydrogens (tertiary/aromatic N) is 3. The van der Waals surface area contributed by atoms with Crippen LogP contribution >= 0.6 is 11.6 Å². The van der Waals surface area contributed by atoms with Gasteiger partial charge in [0.05, 0.1) is 41.5 Å². The first-order valence-corrected chi connectivity index (χ1v) is 14.6. The van der Waals surface area contributed by atoms with Crippen LogP contribution in [0.5, 0.6) is 11.6 Å². The van der Waals surface area contributed by atoms with E-state index < -0.39 is 17.6 Å². The summed E-state index contributed by atoms with van der Waals surface area (Å²) in [6.45, 7) is 1.50. The molecule has 0 saturated carbocycles. The fourth-order valence-corrected chi connectivity index (χ4v) is 5.82. The number of ether oxygens (including phenoxy) is 3. The van der Waals surface area contributed by atoms with Crippen molar-refractivity contribution in [2.24, 2.45) is 0 Å². The van der Waals surface area contributed by atoms with Crippen LogP contribution in [-0.2, 0) is 30.7 Å². The van der Waals surface area contributed by atoms with Crippen molar-refractivity contribution in [3.8, 4) is 22.9 Å². The van der Waals surface area contributed by atoms with Gasteiger partial charge < -0.3 is 23.9 Å². The molecular formula is C33H26ClF2N3O5. The molecule has 2 aliphatic rings. The Hall–Kier alpha value is -4.54. The van der Waals surface area contributed by atoms with E-state index in [-0.39, 0.29) is 30.6 Å². The Morgan fingerprint density at radius 3 is 2.70 bits per heavy atom. The molecule has 2 aromatic heterocycles. The van der Waals surface area contributed by atoms with Gasteiger partial charge in [-0.2, -0.15) is 0 Å². The van der Waals surface area contributed by atoms with E-state index in [1.165, 1.54) is 18.2 Å². The number of carboxylic acid groups (broad SMARTS) is 1. The number of rotatable bonds is 9. The summed E-state index contributed by atoms with van der Waals surface area (Å²) < 4.78 is 49.6. The van der Waals surface area contributed by atoms with Crippen molar-refractivity contribution in [1.29, 1.82) is 0 Å². The van der Waals surface area contributed by atoms with Crippen molar-refractivity contribution in [2.75, 3.05) is 13.2 Å². The number of aromatic carboxylic acids is 1. The van der Waals surface area contributed by atoms with Gasteiger partial charge in [0.1, 0.15) is 29.8 Å². The Morgan fingerprint density at radius 1 is 1.07 bits per heavy atom. The first kappa shape index (κ1) is 28.2. The third kappa shape index (κ3) is 5.35. The molecule has 0 unspecified atom stereocenters. The van der Waals surface area contributed by atoms with Gasteiger partial charge in [0.2, 0.25) is 5.88 Å². The van der Waals surface area contributed by atoms with Gasteiger partial charge >= 0.3 is 5.97 Å². The molecule has 1 atom stereocenters. The summed E-state index contributed by atoms with van der Waals surface area (Å²) in [4.78, 5) is 21.0. The molecule has 3 aromatic carbocycles. The number of carboxylic acids is 1. The lowest BCUT2D eigenvalue weighted by atomic mass is 9.96. The fourth-order valence-electron chi connectivity index (χ4n) is 5.66. The molecule has 1 fully saturated rings. The highest BCUT2D eigenvalue weighted by Crippen LogP contribution is 2.41. The molecule has 4 heterocycles. The summed E-state index contributed by atoms with van der Waals surface area (Å²) in [5.41, 5.74) is 3.94. The normalized spacial score (nSPS) is 15.6. The van der Waals surface area contributed by atoms with Crippen molar-refractivity contribution < 1.29 is 32.9 Å². The number of hydrogen-bond donors (Lipinski definition) is 1. The van der Waals surface area contributed by atoms with Gasteiger partial charge in [-0.3, -0.25) is 0 Å². The monoisotopic (exact) mass is 617 g/mol. The topological polar surface area (TPSA) is 95.7 Å². The lowest BCUT2D eigenvalue weighted by molar-refractivity contribution is -0.0589. The molecule has 1 N–H and O–H groups in total. The SMILES string of the molecule is O=C(O)c1ccc2nc(Cc3c(F)cc(-c4cccc(OCc5ccc(Cl)cc5F)n4)c4c3CCO4)n(C[C@@H]3CCO3)c2c1. The van der Waals surface area contributed by atoms with Crippen molar-refractivity contribution >= 4 is 28.6 Å². The van der Waals surface area contributed by atoms with Crippen LogP contribution in [0.1, 0.15) is 39.3 Å². The van der Waals surface area contributed by atoms with E-state index in [1.807, 2.05) is 4.57 Å². The zero-order valence-corrected chi connectivity index (χ0v) is 24.1. The Balaban J connectivity index is 1.21. The summed E-state index contributed by atoms with van der Waals surface area (Å²) in [5.74, 6) is -0.521. The van der Waals surface area contributed by atoms with Gasteiger partial charge in [-0.15, -0.1) is 0 Å². The Morgan fingerprint density at radius 2 is 1.93 bits per heavy atom. The lowest BCUT2D eigenvalue weighted by Gasteiger charge is -2.27. The minimum Gasteiger partial charge on any atom is -0.492 e. The molecule has 224 valence electrons. The average molecular weight is 618 g/mol. The lowest BCUT2D eigenvalue weighted by Crippen LogP contribution is -2.31. The second-order valence-corrected chi connectivity index (χ2v) is 11.2. The molecule has 7 rings (SSSR count). The smallest absolute Gasteiger partial charge is 0.335 e. The molecular weight excluding hydrogens is 592 g/mol. The van der Waals surface area contributed by atoms with E-state index in [1.54, 1.807) is 42.5 Å². The first-order valence-electron chi connectivity index (χ1n) is 14.2. The highest BCUT2D eigenvalue weighted by Gasteiger charge is 2.28. The number of benzene rings is 3. The van der Waals surface area contributed by atoms with Gasteiger partial charge in [0.25, 0.3) is 0 Å². The molecule has 0 bridgehead atoms. The van der Waals surface area contributed by atoms with E-state index >= 15 is 4.39 Å². The summed E-state index contributed by atoms with van der Waals surface area (Å²) in [6.07, 6.45) is 1.56. The first-order chi connectivity index (χ1) is 21.3. The second-order valence-electron chi connectivity index (χ2n) is 10.8. The van der Waals surface area contributed by atoms with E-state index in [0.717, 1.165) is 12.0 Å². The van der Waals surface area contributed by atoms with E-state index in [2.05, 4.69) is 4.98 Å². The molecule has 2 aliphatic heterocycles. The number of carbonyl (C=O) groups is 1. The standard InChI is InChI=1S/C33H26ClF2N3O5/c34-20-6-4-19(25(35)13-20)17-44-31-3-1-2-27(38-31)24-14-26(36)23(22-9-11-43-32(22)24)15-30-37-28-7-5-18(33(40)41)12-29(28)39(30)16-21-8-10-42-21/h1-7,12-14,21H,8-11,15-17H2,(H,40,41)/t21-/m0/s1. The molecule has 5 aromatic rings. The van der Waals surface area contributed by atoms with Gasteiger partial charge in [-0.25, -0.2) is 23.5 Å². The van der Waals surface area contributed by atoms with Gasteiger partial charge in [-0.1, -0.05) is 23.7 Å².